The van der Waals surface area contributed by atoms with E-state index < -0.39 is 5.92 Å². The number of nitrogens with zero attached hydrogens (tertiary/aromatic N) is 2. The lowest BCUT2D eigenvalue weighted by molar-refractivity contribution is -0.143. The van der Waals surface area contributed by atoms with Crippen molar-refractivity contribution in [3.05, 3.63) is 34.3 Å². The Hall–Kier alpha value is -1.40. The molecule has 0 amide bonds. The minimum atomic E-state index is -0.601. The summed E-state index contributed by atoms with van der Waals surface area (Å²) in [6.07, 6.45) is 0. The SMILES string of the molecule is CCOC(=O)C1C(C)=NC(=S)N=C1c1cccc(Br)c1. The Morgan fingerprint density at radius 1 is 1.45 bits per heavy atom. The number of ether oxygens (including phenoxy) is 1. The number of hydrogen-bond donors (Lipinski definition) is 0. The van der Waals surface area contributed by atoms with Gasteiger partial charge < -0.3 is 4.74 Å². The van der Waals surface area contributed by atoms with Gasteiger partial charge in [0.1, 0.15) is 5.92 Å². The van der Waals surface area contributed by atoms with Crippen LogP contribution in [0, 0.1) is 5.92 Å². The Morgan fingerprint density at radius 2 is 2.20 bits per heavy atom. The summed E-state index contributed by atoms with van der Waals surface area (Å²) < 4.78 is 6.02. The number of carbonyl (C=O) groups is 1. The van der Waals surface area contributed by atoms with Crippen LogP contribution >= 0.6 is 28.1 Å². The summed E-state index contributed by atoms with van der Waals surface area (Å²) in [6, 6.07) is 7.57. The summed E-state index contributed by atoms with van der Waals surface area (Å²) in [7, 11) is 0. The fourth-order valence-corrected chi connectivity index (χ4v) is 2.63. The predicted octanol–water partition coefficient (Wildman–Crippen LogP) is 3.18. The average molecular weight is 353 g/mol. The zero-order chi connectivity index (χ0) is 14.7. The van der Waals surface area contributed by atoms with Gasteiger partial charge in [-0.1, -0.05) is 28.1 Å². The first-order valence-electron chi connectivity index (χ1n) is 6.13. The Balaban J connectivity index is 2.46. The van der Waals surface area contributed by atoms with Crippen LogP contribution in [0.5, 0.6) is 0 Å². The van der Waals surface area contributed by atoms with Gasteiger partial charge in [0.05, 0.1) is 12.3 Å². The maximum absolute atomic E-state index is 12.1. The summed E-state index contributed by atoms with van der Waals surface area (Å²) in [5, 5.41) is 0.234. The minimum Gasteiger partial charge on any atom is -0.465 e. The fraction of sp³-hybridized carbons (Fsp3) is 0.286. The second kappa shape index (κ2) is 6.37. The van der Waals surface area contributed by atoms with Gasteiger partial charge in [-0.05, 0) is 43.8 Å². The van der Waals surface area contributed by atoms with E-state index in [1.54, 1.807) is 13.8 Å². The van der Waals surface area contributed by atoms with Gasteiger partial charge in [-0.15, -0.1) is 0 Å². The van der Waals surface area contributed by atoms with Gasteiger partial charge >= 0.3 is 5.97 Å². The number of benzene rings is 1. The highest BCUT2D eigenvalue weighted by Crippen LogP contribution is 2.21. The molecule has 1 atom stereocenters. The van der Waals surface area contributed by atoms with Crippen LogP contribution < -0.4 is 0 Å². The molecule has 104 valence electrons. The van der Waals surface area contributed by atoms with E-state index in [0.29, 0.717) is 18.0 Å². The van der Waals surface area contributed by atoms with E-state index in [2.05, 4.69) is 25.9 Å². The lowest BCUT2D eigenvalue weighted by Crippen LogP contribution is -2.36. The second-order valence-electron chi connectivity index (χ2n) is 4.23. The number of rotatable bonds is 3. The van der Waals surface area contributed by atoms with Crippen LogP contribution in [0.15, 0.2) is 38.7 Å². The topological polar surface area (TPSA) is 51.0 Å². The molecule has 0 aliphatic carbocycles. The molecule has 0 bridgehead atoms. The Labute approximate surface area is 131 Å². The molecular formula is C14H13BrN2O2S. The normalized spacial score (nSPS) is 18.4. The highest BCUT2D eigenvalue weighted by molar-refractivity contribution is 9.10. The van der Waals surface area contributed by atoms with Crippen molar-refractivity contribution in [2.24, 2.45) is 15.9 Å². The van der Waals surface area contributed by atoms with Crippen LogP contribution in [0.4, 0.5) is 0 Å². The third kappa shape index (κ3) is 3.19. The van der Waals surface area contributed by atoms with E-state index in [-0.39, 0.29) is 11.1 Å². The maximum Gasteiger partial charge on any atom is 0.320 e. The number of aliphatic imine (C=N–C) groups is 2. The zero-order valence-corrected chi connectivity index (χ0v) is 13.5. The van der Waals surface area contributed by atoms with Crippen LogP contribution in [0.3, 0.4) is 0 Å². The Bertz CT molecular complexity index is 625. The van der Waals surface area contributed by atoms with E-state index in [1.807, 2.05) is 24.3 Å². The van der Waals surface area contributed by atoms with Crippen LogP contribution in [0.25, 0.3) is 0 Å². The van der Waals surface area contributed by atoms with Crippen LogP contribution in [0.2, 0.25) is 0 Å². The molecule has 0 N–H and O–H groups in total. The highest BCUT2D eigenvalue weighted by atomic mass is 79.9. The molecule has 2 rings (SSSR count). The third-order valence-electron chi connectivity index (χ3n) is 2.82. The molecule has 0 fully saturated rings. The van der Waals surface area contributed by atoms with Gasteiger partial charge in [0, 0.05) is 10.2 Å². The van der Waals surface area contributed by atoms with E-state index in [4.69, 9.17) is 17.0 Å². The highest BCUT2D eigenvalue weighted by Gasteiger charge is 2.32. The number of halogens is 1. The molecule has 6 heteroatoms. The summed E-state index contributed by atoms with van der Waals surface area (Å²) in [6.45, 7) is 3.85. The smallest absolute Gasteiger partial charge is 0.320 e. The molecule has 0 aromatic heterocycles. The van der Waals surface area contributed by atoms with E-state index >= 15 is 0 Å². The molecule has 1 aromatic carbocycles. The molecule has 1 aliphatic heterocycles. The predicted molar refractivity (Wildman–Crippen MR) is 86.5 cm³/mol. The summed E-state index contributed by atoms with van der Waals surface area (Å²) in [5.41, 5.74) is 2.02. The summed E-state index contributed by atoms with van der Waals surface area (Å²) in [4.78, 5) is 20.5. The molecule has 20 heavy (non-hydrogen) atoms. The minimum absolute atomic E-state index is 0.234. The van der Waals surface area contributed by atoms with Gasteiger partial charge in [0.25, 0.3) is 0 Å². The van der Waals surface area contributed by atoms with Crippen molar-refractivity contribution in [3.63, 3.8) is 0 Å². The zero-order valence-electron chi connectivity index (χ0n) is 11.1. The molecule has 0 saturated carbocycles. The van der Waals surface area contributed by atoms with Crippen LogP contribution in [-0.4, -0.2) is 29.1 Å². The molecule has 0 spiro atoms. The molecule has 0 radical (unpaired) electrons. The van der Waals surface area contributed by atoms with Crippen molar-refractivity contribution in [2.75, 3.05) is 6.61 Å². The number of hydrogen-bond acceptors (Lipinski definition) is 3. The first-order chi connectivity index (χ1) is 9.52. The molecule has 1 heterocycles. The molecule has 1 aliphatic rings. The first-order valence-corrected chi connectivity index (χ1v) is 7.33. The standard InChI is InChI=1S/C14H13BrN2O2S/c1-3-19-13(18)11-8(2)16-14(20)17-12(11)9-5-4-6-10(15)7-9/h4-7,11H,3H2,1-2H3. The van der Waals surface area contributed by atoms with Crippen molar-refractivity contribution in [3.8, 4) is 0 Å². The molecule has 4 nitrogen and oxygen atoms in total. The van der Waals surface area contributed by atoms with Gasteiger partial charge in [0.2, 0.25) is 5.11 Å². The monoisotopic (exact) mass is 352 g/mol. The quantitative estimate of drug-likeness (QED) is 0.620. The van der Waals surface area contributed by atoms with Gasteiger partial charge in [-0.25, -0.2) is 9.98 Å². The summed E-state index contributed by atoms with van der Waals surface area (Å²) in [5.74, 6) is -0.953. The van der Waals surface area contributed by atoms with Gasteiger partial charge in [-0.3, -0.25) is 4.79 Å². The lowest BCUT2D eigenvalue weighted by Gasteiger charge is -2.21. The molecule has 1 unspecified atom stereocenters. The van der Waals surface area contributed by atoms with Crippen molar-refractivity contribution in [1.29, 1.82) is 0 Å². The number of thiocarbonyl (C=S) groups is 1. The number of carbonyl (C=O) groups excluding carboxylic acids is 1. The van der Waals surface area contributed by atoms with E-state index in [0.717, 1.165) is 10.0 Å². The number of esters is 1. The molecule has 1 aromatic rings. The average Bonchev–Trinajstić information content (AvgIpc) is 2.37. The van der Waals surface area contributed by atoms with E-state index in [1.165, 1.54) is 0 Å². The van der Waals surface area contributed by atoms with Gasteiger partial charge in [-0.2, -0.15) is 0 Å². The Kier molecular flexibility index (Phi) is 4.77. The fourth-order valence-electron chi connectivity index (χ4n) is 1.99. The van der Waals surface area contributed by atoms with Crippen molar-refractivity contribution in [1.82, 2.24) is 0 Å². The van der Waals surface area contributed by atoms with Crippen LogP contribution in [0.1, 0.15) is 19.4 Å². The van der Waals surface area contributed by atoms with Crippen molar-refractivity contribution in [2.45, 2.75) is 13.8 Å². The van der Waals surface area contributed by atoms with Crippen molar-refractivity contribution < 1.29 is 9.53 Å². The summed E-state index contributed by atoms with van der Waals surface area (Å²) >= 11 is 8.47. The lowest BCUT2D eigenvalue weighted by atomic mass is 9.92. The maximum atomic E-state index is 12.1. The van der Waals surface area contributed by atoms with Crippen molar-refractivity contribution >= 4 is 50.7 Å². The second-order valence-corrected chi connectivity index (χ2v) is 5.51. The third-order valence-corrected chi connectivity index (χ3v) is 3.50. The largest absolute Gasteiger partial charge is 0.465 e. The molecular weight excluding hydrogens is 340 g/mol. The van der Waals surface area contributed by atoms with Crippen LogP contribution in [-0.2, 0) is 9.53 Å². The van der Waals surface area contributed by atoms with Gasteiger partial charge in [0.15, 0.2) is 0 Å². The Morgan fingerprint density at radius 3 is 2.85 bits per heavy atom. The first kappa shape index (κ1) is 15.0. The molecule has 0 saturated heterocycles. The van der Waals surface area contributed by atoms with E-state index in [9.17, 15) is 4.79 Å².